The van der Waals surface area contributed by atoms with Crippen LogP contribution in [-0.4, -0.2) is 34.6 Å². The second-order valence-electron chi connectivity index (χ2n) is 12.2. The SMILES string of the molecule is Cc1ccccc1NC(=O)COc1ccc([C@H]2c3sc(=O)[nH]c3SC3C4CC(C5C(=O)N(c6ccc(Br)cc6)C(=O)C45)C32)cc1. The van der Waals surface area contributed by atoms with E-state index in [0.717, 1.165) is 37.6 Å². The Morgan fingerprint density at radius 1 is 0.978 bits per heavy atom. The monoisotopic (exact) mass is 701 g/mol. The van der Waals surface area contributed by atoms with Crippen LogP contribution in [-0.2, 0) is 14.4 Å². The topological polar surface area (TPSA) is 109 Å². The fourth-order valence-corrected chi connectivity index (χ4v) is 11.2. The van der Waals surface area contributed by atoms with Gasteiger partial charge in [0.2, 0.25) is 11.8 Å². The number of nitrogens with zero attached hydrogens (tertiary/aromatic N) is 1. The van der Waals surface area contributed by atoms with E-state index in [1.165, 1.54) is 16.2 Å². The summed E-state index contributed by atoms with van der Waals surface area (Å²) in [5, 5.41) is 3.87. The largest absolute Gasteiger partial charge is 0.484 e. The number of nitrogens with one attached hydrogen (secondary N) is 2. The third-order valence-corrected chi connectivity index (χ3v) is 13.0. The molecule has 2 aliphatic heterocycles. The maximum absolute atomic E-state index is 13.9. The number of aromatic nitrogens is 1. The number of para-hydroxylation sites is 1. The summed E-state index contributed by atoms with van der Waals surface area (Å²) in [5.41, 5.74) is 3.37. The summed E-state index contributed by atoms with van der Waals surface area (Å²) < 4.78 is 6.70. The van der Waals surface area contributed by atoms with Crippen molar-refractivity contribution in [2.75, 3.05) is 16.8 Å². The first kappa shape index (κ1) is 28.8. The molecule has 6 unspecified atom stereocenters. The van der Waals surface area contributed by atoms with Crippen LogP contribution in [0.1, 0.15) is 28.3 Å². The Morgan fingerprint density at radius 3 is 2.42 bits per heavy atom. The van der Waals surface area contributed by atoms with Crippen LogP contribution >= 0.6 is 39.0 Å². The summed E-state index contributed by atoms with van der Waals surface area (Å²) in [7, 11) is 0. The molecule has 3 aromatic carbocycles. The molecule has 2 bridgehead atoms. The van der Waals surface area contributed by atoms with Crippen LogP contribution < -0.4 is 19.8 Å². The Bertz CT molecular complexity index is 1910. The van der Waals surface area contributed by atoms with Gasteiger partial charge in [0, 0.05) is 26.2 Å². The summed E-state index contributed by atoms with van der Waals surface area (Å²) in [6, 6.07) is 22.6. The highest BCUT2D eigenvalue weighted by atomic mass is 79.9. The molecule has 3 amide bonds. The molecule has 4 aromatic rings. The molecule has 2 N–H and O–H groups in total. The number of ether oxygens (including phenoxy) is 1. The van der Waals surface area contributed by atoms with Gasteiger partial charge in [-0.25, -0.2) is 0 Å². The van der Waals surface area contributed by atoms with Crippen LogP contribution in [0.3, 0.4) is 0 Å². The van der Waals surface area contributed by atoms with Gasteiger partial charge in [-0.05, 0) is 84.7 Å². The van der Waals surface area contributed by atoms with Gasteiger partial charge in [-0.3, -0.25) is 24.1 Å². The number of fused-ring (bicyclic) bond motifs is 9. The van der Waals surface area contributed by atoms with Crippen molar-refractivity contribution in [1.29, 1.82) is 0 Å². The van der Waals surface area contributed by atoms with Gasteiger partial charge in [-0.1, -0.05) is 57.6 Å². The number of thiazole rings is 1. The number of hydrogen-bond donors (Lipinski definition) is 2. The Morgan fingerprint density at radius 2 is 1.69 bits per heavy atom. The van der Waals surface area contributed by atoms with Crippen molar-refractivity contribution >= 4 is 68.1 Å². The van der Waals surface area contributed by atoms with E-state index in [0.29, 0.717) is 11.4 Å². The highest BCUT2D eigenvalue weighted by Crippen LogP contribution is 2.68. The fourth-order valence-electron chi connectivity index (χ4n) is 8.05. The van der Waals surface area contributed by atoms with E-state index in [1.54, 1.807) is 11.8 Å². The number of halogens is 1. The Kier molecular flexibility index (Phi) is 7.03. The highest BCUT2D eigenvalue weighted by molar-refractivity contribution is 9.10. The quantitative estimate of drug-likeness (QED) is 0.232. The molecule has 8 rings (SSSR count). The van der Waals surface area contributed by atoms with E-state index in [4.69, 9.17) is 4.74 Å². The minimum atomic E-state index is -0.359. The van der Waals surface area contributed by atoms with E-state index >= 15 is 0 Å². The van der Waals surface area contributed by atoms with Crippen molar-refractivity contribution in [1.82, 2.24) is 4.98 Å². The molecule has 0 radical (unpaired) electrons. The zero-order chi connectivity index (χ0) is 31.0. The molecule has 2 saturated carbocycles. The zero-order valence-electron chi connectivity index (χ0n) is 24.1. The van der Waals surface area contributed by atoms with Gasteiger partial charge in [0.25, 0.3) is 5.91 Å². The summed E-state index contributed by atoms with van der Waals surface area (Å²) in [4.78, 5) is 58.2. The number of imide groups is 1. The number of hydrogen-bond acceptors (Lipinski definition) is 7. The maximum atomic E-state index is 13.9. The van der Waals surface area contributed by atoms with Crippen LogP contribution in [0.2, 0.25) is 0 Å². The van der Waals surface area contributed by atoms with Gasteiger partial charge in [-0.2, -0.15) is 0 Å². The van der Waals surface area contributed by atoms with E-state index in [9.17, 15) is 19.2 Å². The van der Waals surface area contributed by atoms with Gasteiger partial charge in [-0.15, -0.1) is 11.8 Å². The number of aromatic amines is 1. The molecule has 7 atom stereocenters. The molecule has 3 heterocycles. The molecule has 0 spiro atoms. The van der Waals surface area contributed by atoms with Gasteiger partial charge in [0.15, 0.2) is 6.61 Å². The number of thioether (sulfide) groups is 1. The summed E-state index contributed by atoms with van der Waals surface area (Å²) in [6.07, 6.45) is 0.830. The number of aryl methyl sites for hydroxylation is 1. The molecule has 3 fully saturated rings. The molecule has 45 heavy (non-hydrogen) atoms. The van der Waals surface area contributed by atoms with Crippen LogP contribution in [0.25, 0.3) is 0 Å². The van der Waals surface area contributed by atoms with Crippen LogP contribution in [0.5, 0.6) is 5.75 Å². The van der Waals surface area contributed by atoms with Crippen molar-refractivity contribution < 1.29 is 19.1 Å². The van der Waals surface area contributed by atoms with E-state index < -0.39 is 0 Å². The molecule has 1 saturated heterocycles. The smallest absolute Gasteiger partial charge is 0.305 e. The number of amides is 3. The Hall–Kier alpha value is -3.67. The van der Waals surface area contributed by atoms with Crippen molar-refractivity contribution in [3.8, 4) is 5.75 Å². The minimum absolute atomic E-state index is 0.0332. The molecule has 2 aliphatic carbocycles. The first-order valence-electron chi connectivity index (χ1n) is 14.9. The predicted octanol–water partition coefficient (Wildman–Crippen LogP) is 6.20. The third kappa shape index (κ3) is 4.70. The lowest BCUT2D eigenvalue weighted by Gasteiger charge is -2.43. The standard InChI is InChI=1S/C34H28BrN3O5S2/c1-16-4-2-3-5-23(16)36-24(39)15-43-20-12-6-17(7-13-20)25-26-21-14-22(29(26)44-31-30(25)45-34(42)37-31)28-27(21)32(40)38(33(28)41)19-10-8-18(35)9-11-19/h2-13,21-22,25-29H,14-15H2,1H3,(H,36,39)(H,37,42)/t21?,22?,25-,26?,27?,28?,29?/m1/s1. The van der Waals surface area contributed by atoms with Crippen LogP contribution in [0.4, 0.5) is 11.4 Å². The molecule has 4 aliphatic rings. The summed E-state index contributed by atoms with van der Waals surface area (Å²) >= 11 is 6.35. The molecule has 11 heteroatoms. The van der Waals surface area contributed by atoms with Crippen molar-refractivity contribution in [2.45, 2.75) is 29.5 Å². The first-order chi connectivity index (χ1) is 21.8. The number of H-pyrrole nitrogens is 1. The predicted molar refractivity (Wildman–Crippen MR) is 177 cm³/mol. The van der Waals surface area contributed by atoms with Gasteiger partial charge in [0.05, 0.1) is 22.5 Å². The van der Waals surface area contributed by atoms with Crippen molar-refractivity contribution in [2.24, 2.45) is 29.6 Å². The molecule has 228 valence electrons. The molecule has 1 aromatic heterocycles. The average Bonchev–Trinajstić information content (AvgIpc) is 3.77. The lowest BCUT2D eigenvalue weighted by Crippen LogP contribution is -2.42. The molecular formula is C34H28BrN3O5S2. The third-order valence-electron chi connectivity index (χ3n) is 9.84. The second-order valence-corrected chi connectivity index (χ2v) is 15.3. The van der Waals surface area contributed by atoms with Gasteiger partial charge >= 0.3 is 4.87 Å². The van der Waals surface area contributed by atoms with Crippen molar-refractivity contribution in [3.63, 3.8) is 0 Å². The number of carbonyl (C=O) groups is 3. The number of benzene rings is 3. The van der Waals surface area contributed by atoms with Crippen molar-refractivity contribution in [3.05, 3.63) is 103 Å². The van der Waals surface area contributed by atoms with Gasteiger partial charge in [0.1, 0.15) is 5.75 Å². The van der Waals surface area contributed by atoms with E-state index in [-0.39, 0.29) is 70.0 Å². The lowest BCUT2D eigenvalue weighted by molar-refractivity contribution is -0.123. The first-order valence-corrected chi connectivity index (χ1v) is 17.4. The maximum Gasteiger partial charge on any atom is 0.305 e. The zero-order valence-corrected chi connectivity index (χ0v) is 27.3. The fraction of sp³-hybridized carbons (Fsp3) is 0.294. The second kappa shape index (κ2) is 11.0. The number of anilines is 2. The van der Waals surface area contributed by atoms with E-state index in [1.807, 2.05) is 79.7 Å². The summed E-state index contributed by atoms with van der Waals surface area (Å²) in [5.74, 6) is -0.481. The normalized spacial score (nSPS) is 27.7. The summed E-state index contributed by atoms with van der Waals surface area (Å²) in [6.45, 7) is 1.81. The van der Waals surface area contributed by atoms with E-state index in [2.05, 4.69) is 26.2 Å². The van der Waals surface area contributed by atoms with Crippen LogP contribution in [0, 0.1) is 36.5 Å². The Labute approximate surface area is 275 Å². The minimum Gasteiger partial charge on any atom is -0.484 e. The molecule has 8 nitrogen and oxygen atoms in total. The highest BCUT2D eigenvalue weighted by Gasteiger charge is 2.69. The lowest BCUT2D eigenvalue weighted by atomic mass is 9.68. The number of carbonyl (C=O) groups excluding carboxylic acids is 3. The average molecular weight is 703 g/mol. The van der Waals surface area contributed by atoms with Gasteiger partial charge < -0.3 is 15.0 Å². The number of rotatable bonds is 6. The van der Waals surface area contributed by atoms with Crippen LogP contribution in [0.15, 0.2) is 87.1 Å². The Balaban J connectivity index is 1.06. The molecular weight excluding hydrogens is 674 g/mol.